The fraction of sp³-hybridized carbons (Fsp3) is 0.520. The largest absolute Gasteiger partial charge is 0.418 e. The van der Waals surface area contributed by atoms with Gasteiger partial charge in [0, 0.05) is 30.6 Å². The molecular weight excluding hydrogens is 493 g/mol. The number of fused-ring (bicyclic) bond motifs is 2. The molecule has 0 saturated carbocycles. The van der Waals surface area contributed by atoms with Gasteiger partial charge in [-0.15, -0.1) is 11.3 Å². The highest BCUT2D eigenvalue weighted by atomic mass is 32.1. The minimum Gasteiger partial charge on any atom is -0.380 e. The van der Waals surface area contributed by atoms with E-state index in [0.717, 1.165) is 31.9 Å². The molecule has 7 nitrogen and oxygen atoms in total. The van der Waals surface area contributed by atoms with E-state index in [9.17, 15) is 18.0 Å². The molecule has 3 aromatic rings. The predicted octanol–water partition coefficient (Wildman–Crippen LogP) is 3.85. The molecule has 1 aliphatic carbocycles. The molecule has 2 N–H and O–H groups in total. The molecule has 0 bridgehead atoms. The Labute approximate surface area is 210 Å². The number of imidazole rings is 1. The maximum absolute atomic E-state index is 13.3. The third kappa shape index (κ3) is 4.65. The Morgan fingerprint density at radius 3 is 2.97 bits per heavy atom. The van der Waals surface area contributed by atoms with E-state index in [1.807, 2.05) is 0 Å². The molecule has 6 rings (SSSR count). The second-order valence-corrected chi connectivity index (χ2v) is 10.7. The Balaban J connectivity index is 1.16. The van der Waals surface area contributed by atoms with E-state index >= 15 is 0 Å². The van der Waals surface area contributed by atoms with Gasteiger partial charge < -0.3 is 19.8 Å². The number of thiophene rings is 1. The van der Waals surface area contributed by atoms with Crippen LogP contribution in [0.15, 0.2) is 29.6 Å². The Bertz CT molecular complexity index is 1250. The zero-order valence-electron chi connectivity index (χ0n) is 19.5. The predicted molar refractivity (Wildman–Crippen MR) is 128 cm³/mol. The van der Waals surface area contributed by atoms with Crippen molar-refractivity contribution in [3.05, 3.63) is 51.5 Å². The first-order chi connectivity index (χ1) is 17.3. The van der Waals surface area contributed by atoms with Crippen LogP contribution in [0.5, 0.6) is 0 Å². The van der Waals surface area contributed by atoms with Crippen molar-refractivity contribution >= 4 is 28.3 Å². The lowest BCUT2D eigenvalue weighted by atomic mass is 10.2. The van der Waals surface area contributed by atoms with Crippen molar-refractivity contribution in [1.82, 2.24) is 20.2 Å². The van der Waals surface area contributed by atoms with Crippen LogP contribution in [0.3, 0.4) is 0 Å². The number of H-pyrrole nitrogens is 1. The van der Waals surface area contributed by atoms with Crippen LogP contribution in [0.4, 0.5) is 13.2 Å². The van der Waals surface area contributed by atoms with E-state index in [4.69, 9.17) is 9.47 Å². The molecule has 192 valence electrons. The minimum atomic E-state index is -4.52. The molecular formula is C25H27F3N4O3S. The number of nitrogens with zero attached hydrogens (tertiary/aromatic N) is 2. The van der Waals surface area contributed by atoms with Gasteiger partial charge in [-0.3, -0.25) is 9.69 Å². The van der Waals surface area contributed by atoms with Crippen molar-refractivity contribution in [3.8, 4) is 0 Å². The highest BCUT2D eigenvalue weighted by Crippen LogP contribution is 2.40. The minimum absolute atomic E-state index is 0.0281. The number of alkyl halides is 3. The van der Waals surface area contributed by atoms with Crippen molar-refractivity contribution in [2.45, 2.75) is 56.2 Å². The van der Waals surface area contributed by atoms with Gasteiger partial charge in [0.2, 0.25) is 5.91 Å². The number of aryl methyl sites for hydroxylation is 1. The third-order valence-electron chi connectivity index (χ3n) is 7.35. The number of benzene rings is 1. The summed E-state index contributed by atoms with van der Waals surface area (Å²) in [5, 5.41) is 5.18. The van der Waals surface area contributed by atoms with Gasteiger partial charge in [0.15, 0.2) is 0 Å². The molecule has 2 fully saturated rings. The molecule has 3 aliphatic rings. The first kappa shape index (κ1) is 23.9. The molecule has 2 aromatic heterocycles. The van der Waals surface area contributed by atoms with E-state index in [1.165, 1.54) is 22.6 Å². The van der Waals surface area contributed by atoms with E-state index < -0.39 is 11.7 Å². The van der Waals surface area contributed by atoms with Crippen molar-refractivity contribution < 1.29 is 27.4 Å². The van der Waals surface area contributed by atoms with Crippen LogP contribution in [0.25, 0.3) is 11.0 Å². The number of nitrogens with one attached hydrogen (secondary N) is 2. The Hall–Kier alpha value is -2.47. The molecule has 2 saturated heterocycles. The highest BCUT2D eigenvalue weighted by Gasteiger charge is 2.41. The van der Waals surface area contributed by atoms with Crippen LogP contribution >= 0.6 is 11.3 Å². The molecule has 2 aliphatic heterocycles. The topological polar surface area (TPSA) is 79.5 Å². The summed E-state index contributed by atoms with van der Waals surface area (Å²) in [4.78, 5) is 23.6. The van der Waals surface area contributed by atoms with Gasteiger partial charge in [-0.05, 0) is 48.4 Å². The van der Waals surface area contributed by atoms with Crippen molar-refractivity contribution in [1.29, 1.82) is 0 Å². The summed E-state index contributed by atoms with van der Waals surface area (Å²) in [5.74, 6) is -0.0938. The number of carbonyl (C=O) groups is 1. The van der Waals surface area contributed by atoms with Gasteiger partial charge in [0.1, 0.15) is 11.3 Å². The second kappa shape index (κ2) is 9.44. The number of ether oxygens (including phenoxy) is 2. The van der Waals surface area contributed by atoms with Gasteiger partial charge in [0.05, 0.1) is 42.4 Å². The summed E-state index contributed by atoms with van der Waals surface area (Å²) >= 11 is 1.71. The average Bonchev–Trinajstić information content (AvgIpc) is 3.63. The summed E-state index contributed by atoms with van der Waals surface area (Å²) in [6.45, 7) is 2.76. The number of para-hydroxylation sites is 1. The summed E-state index contributed by atoms with van der Waals surface area (Å²) in [7, 11) is 0. The van der Waals surface area contributed by atoms with Crippen LogP contribution in [-0.2, 0) is 33.3 Å². The number of hydrogen-bond acceptors (Lipinski definition) is 6. The standard InChI is InChI=1S/C25H27F3N4O3S/c26-25(27,28)16-2-1-3-17-23(16)31-21(29-17)10-22(33)30-18-11-32(15-6-8-34-13-15)12-20(18)35-19-5-4-14-7-9-36-24(14)19/h1-3,7,9,15,18-20H,4-6,8,10-13H2,(H,29,31)(H,30,33)/t15?,18?,19?,20-/m0/s1. The number of aromatic amines is 1. The summed E-state index contributed by atoms with van der Waals surface area (Å²) in [6.07, 6.45) is -1.92. The molecule has 1 aromatic carbocycles. The first-order valence-corrected chi connectivity index (χ1v) is 13.1. The van der Waals surface area contributed by atoms with Gasteiger partial charge >= 0.3 is 6.18 Å². The number of amides is 1. The first-order valence-electron chi connectivity index (χ1n) is 12.2. The summed E-state index contributed by atoms with van der Waals surface area (Å²) < 4.78 is 52.2. The van der Waals surface area contributed by atoms with E-state index in [0.29, 0.717) is 25.7 Å². The molecule has 0 spiro atoms. The van der Waals surface area contributed by atoms with Gasteiger partial charge in [-0.25, -0.2) is 4.98 Å². The van der Waals surface area contributed by atoms with Crippen LogP contribution in [0.1, 0.15) is 40.8 Å². The van der Waals surface area contributed by atoms with Crippen LogP contribution < -0.4 is 5.32 Å². The molecule has 3 unspecified atom stereocenters. The maximum Gasteiger partial charge on any atom is 0.418 e. The van der Waals surface area contributed by atoms with Gasteiger partial charge in [-0.1, -0.05) is 6.07 Å². The number of rotatable bonds is 6. The lowest BCUT2D eigenvalue weighted by molar-refractivity contribution is -0.136. The van der Waals surface area contributed by atoms with E-state index in [-0.39, 0.29) is 47.4 Å². The van der Waals surface area contributed by atoms with E-state index in [1.54, 1.807) is 11.3 Å². The van der Waals surface area contributed by atoms with Crippen LogP contribution in [0.2, 0.25) is 0 Å². The average molecular weight is 521 g/mol. The summed E-state index contributed by atoms with van der Waals surface area (Å²) in [5.41, 5.74) is 0.615. The lowest BCUT2D eigenvalue weighted by Gasteiger charge is -2.24. The fourth-order valence-electron chi connectivity index (χ4n) is 5.59. The number of halogens is 3. The summed E-state index contributed by atoms with van der Waals surface area (Å²) in [6, 6.07) is 6.08. The molecule has 4 heterocycles. The Morgan fingerprint density at radius 2 is 2.17 bits per heavy atom. The van der Waals surface area contributed by atoms with Crippen molar-refractivity contribution in [3.63, 3.8) is 0 Å². The smallest absolute Gasteiger partial charge is 0.380 e. The maximum atomic E-state index is 13.3. The second-order valence-electron chi connectivity index (χ2n) is 9.72. The van der Waals surface area contributed by atoms with Crippen LogP contribution in [-0.4, -0.2) is 65.3 Å². The number of aromatic nitrogens is 2. The SMILES string of the molecule is O=C(Cc1nc2c(C(F)(F)F)cccc2[nH]1)NC1CN(C2CCOC2)C[C@@H]1OC1CCc2ccsc21. The quantitative estimate of drug-likeness (QED) is 0.516. The number of carbonyl (C=O) groups excluding carboxylic acids is 1. The van der Waals surface area contributed by atoms with Gasteiger partial charge in [-0.2, -0.15) is 13.2 Å². The molecule has 4 atom stereocenters. The highest BCUT2D eigenvalue weighted by molar-refractivity contribution is 7.10. The third-order valence-corrected chi connectivity index (χ3v) is 8.40. The fourth-order valence-corrected chi connectivity index (χ4v) is 6.61. The van der Waals surface area contributed by atoms with Crippen molar-refractivity contribution in [2.24, 2.45) is 0 Å². The van der Waals surface area contributed by atoms with Crippen LogP contribution in [0, 0.1) is 0 Å². The normalized spacial score (nSPS) is 26.6. The number of hydrogen-bond donors (Lipinski definition) is 2. The Morgan fingerprint density at radius 1 is 1.28 bits per heavy atom. The molecule has 36 heavy (non-hydrogen) atoms. The number of likely N-dealkylation sites (tertiary alicyclic amines) is 1. The molecule has 11 heteroatoms. The zero-order chi connectivity index (χ0) is 24.9. The lowest BCUT2D eigenvalue weighted by Crippen LogP contribution is -2.45. The zero-order valence-corrected chi connectivity index (χ0v) is 20.3. The van der Waals surface area contributed by atoms with Gasteiger partial charge in [0.25, 0.3) is 0 Å². The monoisotopic (exact) mass is 520 g/mol. The van der Waals surface area contributed by atoms with E-state index in [2.05, 4.69) is 31.6 Å². The Kier molecular flexibility index (Phi) is 6.27. The molecule has 0 radical (unpaired) electrons. The molecule has 1 amide bonds. The van der Waals surface area contributed by atoms with Crippen molar-refractivity contribution in [2.75, 3.05) is 26.3 Å².